The zero-order valence-electron chi connectivity index (χ0n) is 14.0. The molecule has 0 saturated heterocycles. The van der Waals surface area contributed by atoms with Crippen molar-refractivity contribution in [1.29, 1.82) is 0 Å². The Morgan fingerprint density at radius 2 is 1.80 bits per heavy atom. The highest BCUT2D eigenvalue weighted by Crippen LogP contribution is 2.18. The minimum Gasteiger partial charge on any atom is -0.295 e. The van der Waals surface area contributed by atoms with Crippen molar-refractivity contribution in [3.63, 3.8) is 0 Å². The Bertz CT molecular complexity index is 358. The quantitative estimate of drug-likeness (QED) is 0.271. The fraction of sp³-hybridized carbons (Fsp3) is 0.632. The highest BCUT2D eigenvalue weighted by atomic mass is 16.1. The summed E-state index contributed by atoms with van der Waals surface area (Å²) in [6.07, 6.45) is 15.0. The van der Waals surface area contributed by atoms with E-state index >= 15 is 0 Å². The van der Waals surface area contributed by atoms with Crippen molar-refractivity contribution < 1.29 is 4.79 Å². The van der Waals surface area contributed by atoms with Gasteiger partial charge >= 0.3 is 0 Å². The number of allylic oxidation sites excluding steroid dienone is 6. The predicted octanol–water partition coefficient (Wildman–Crippen LogP) is 6.02. The Morgan fingerprint density at radius 3 is 2.35 bits per heavy atom. The van der Waals surface area contributed by atoms with Crippen molar-refractivity contribution in [1.82, 2.24) is 0 Å². The van der Waals surface area contributed by atoms with E-state index in [1.807, 2.05) is 13.8 Å². The molecule has 0 aromatic carbocycles. The summed E-state index contributed by atoms with van der Waals surface area (Å²) in [5, 5.41) is 0. The Hall–Kier alpha value is -1.11. The summed E-state index contributed by atoms with van der Waals surface area (Å²) in [6.45, 7) is 10.6. The molecule has 0 saturated carbocycles. The normalized spacial score (nSPS) is 14.8. The van der Waals surface area contributed by atoms with Gasteiger partial charge in [-0.05, 0) is 57.1 Å². The van der Waals surface area contributed by atoms with E-state index < -0.39 is 0 Å². The van der Waals surface area contributed by atoms with Gasteiger partial charge in [-0.25, -0.2) is 0 Å². The summed E-state index contributed by atoms with van der Waals surface area (Å²) in [5.41, 5.74) is 2.56. The average Bonchev–Trinajstić information content (AvgIpc) is 2.44. The molecule has 0 aromatic heterocycles. The van der Waals surface area contributed by atoms with E-state index in [0.717, 1.165) is 24.3 Å². The first-order valence-corrected chi connectivity index (χ1v) is 8.06. The topological polar surface area (TPSA) is 17.1 Å². The average molecular weight is 276 g/mol. The summed E-state index contributed by atoms with van der Waals surface area (Å²) in [5.74, 6) is 0.959. The molecule has 0 amide bonds. The lowest BCUT2D eigenvalue weighted by Crippen LogP contribution is -1.96. The van der Waals surface area contributed by atoms with Crippen LogP contribution in [-0.4, -0.2) is 5.78 Å². The summed E-state index contributed by atoms with van der Waals surface area (Å²) in [4.78, 5) is 11.3. The van der Waals surface area contributed by atoms with Crippen LogP contribution in [0, 0.1) is 5.92 Å². The van der Waals surface area contributed by atoms with Crippen molar-refractivity contribution in [3.05, 3.63) is 35.5 Å². The minimum absolute atomic E-state index is 0.208. The second-order valence-electron chi connectivity index (χ2n) is 5.60. The van der Waals surface area contributed by atoms with Crippen LogP contribution < -0.4 is 0 Å². The molecule has 0 aliphatic rings. The Labute approximate surface area is 125 Å². The maximum Gasteiger partial charge on any atom is 0.155 e. The Kier molecular flexibility index (Phi) is 11.0. The molecular weight excluding hydrogens is 244 g/mol. The SMILES string of the molecule is CCC(=O)/C=C(C)/C=C/CC(CC)CC/C=C(\C)CC. The van der Waals surface area contributed by atoms with Crippen LogP contribution >= 0.6 is 0 Å². The maximum atomic E-state index is 11.3. The zero-order chi connectivity index (χ0) is 15.4. The van der Waals surface area contributed by atoms with Crippen molar-refractivity contribution in [2.24, 2.45) is 5.92 Å². The fourth-order valence-corrected chi connectivity index (χ4v) is 2.05. The lowest BCUT2D eigenvalue weighted by molar-refractivity contribution is -0.114. The van der Waals surface area contributed by atoms with Gasteiger partial charge in [-0.2, -0.15) is 0 Å². The molecule has 0 aliphatic heterocycles. The van der Waals surface area contributed by atoms with E-state index in [-0.39, 0.29) is 5.78 Å². The maximum absolute atomic E-state index is 11.3. The molecule has 1 atom stereocenters. The van der Waals surface area contributed by atoms with Crippen molar-refractivity contribution >= 4 is 5.78 Å². The van der Waals surface area contributed by atoms with E-state index in [0.29, 0.717) is 6.42 Å². The van der Waals surface area contributed by atoms with Crippen LogP contribution in [0.15, 0.2) is 35.5 Å². The minimum atomic E-state index is 0.208. The molecule has 0 spiro atoms. The van der Waals surface area contributed by atoms with Crippen LogP contribution in [0.25, 0.3) is 0 Å². The first-order chi connectivity index (χ1) is 9.53. The second kappa shape index (κ2) is 11.7. The van der Waals surface area contributed by atoms with Gasteiger partial charge in [0.1, 0.15) is 0 Å². The molecule has 1 unspecified atom stereocenters. The monoisotopic (exact) mass is 276 g/mol. The molecule has 20 heavy (non-hydrogen) atoms. The molecular formula is C19H32O. The van der Waals surface area contributed by atoms with Crippen LogP contribution in [0.1, 0.15) is 73.1 Å². The number of ketones is 1. The Morgan fingerprint density at radius 1 is 1.10 bits per heavy atom. The lowest BCUT2D eigenvalue weighted by Gasteiger charge is -2.11. The van der Waals surface area contributed by atoms with E-state index in [2.05, 4.69) is 39.0 Å². The number of carbonyl (C=O) groups excluding carboxylic acids is 1. The van der Waals surface area contributed by atoms with Crippen molar-refractivity contribution in [2.45, 2.75) is 73.1 Å². The third-order valence-electron chi connectivity index (χ3n) is 3.79. The molecule has 0 heterocycles. The summed E-state index contributed by atoms with van der Waals surface area (Å²) < 4.78 is 0. The zero-order valence-corrected chi connectivity index (χ0v) is 14.0. The second-order valence-corrected chi connectivity index (χ2v) is 5.60. The van der Waals surface area contributed by atoms with Gasteiger partial charge in [-0.3, -0.25) is 4.79 Å². The number of rotatable bonds is 10. The van der Waals surface area contributed by atoms with E-state index in [1.165, 1.54) is 24.8 Å². The van der Waals surface area contributed by atoms with Crippen LogP contribution in [-0.2, 0) is 4.79 Å². The molecule has 1 heteroatoms. The van der Waals surface area contributed by atoms with Gasteiger partial charge in [0, 0.05) is 6.42 Å². The van der Waals surface area contributed by atoms with Crippen LogP contribution in [0.2, 0.25) is 0 Å². The third-order valence-corrected chi connectivity index (χ3v) is 3.79. The highest BCUT2D eigenvalue weighted by Gasteiger charge is 2.03. The number of hydrogen-bond acceptors (Lipinski definition) is 1. The van der Waals surface area contributed by atoms with Crippen LogP contribution in [0.4, 0.5) is 0 Å². The van der Waals surface area contributed by atoms with E-state index in [4.69, 9.17) is 0 Å². The van der Waals surface area contributed by atoms with Gasteiger partial charge in [-0.1, -0.05) is 51.0 Å². The predicted molar refractivity (Wildman–Crippen MR) is 89.9 cm³/mol. The molecule has 114 valence electrons. The molecule has 0 rings (SSSR count). The van der Waals surface area contributed by atoms with Gasteiger partial charge in [-0.15, -0.1) is 0 Å². The van der Waals surface area contributed by atoms with E-state index in [9.17, 15) is 4.79 Å². The summed E-state index contributed by atoms with van der Waals surface area (Å²) in [6, 6.07) is 0. The van der Waals surface area contributed by atoms with Gasteiger partial charge in [0.2, 0.25) is 0 Å². The molecule has 1 nitrogen and oxygen atoms in total. The molecule has 0 radical (unpaired) electrons. The van der Waals surface area contributed by atoms with Crippen molar-refractivity contribution in [3.8, 4) is 0 Å². The first kappa shape index (κ1) is 18.9. The van der Waals surface area contributed by atoms with E-state index in [1.54, 1.807) is 6.08 Å². The summed E-state index contributed by atoms with van der Waals surface area (Å²) in [7, 11) is 0. The van der Waals surface area contributed by atoms with Gasteiger partial charge in [0.25, 0.3) is 0 Å². The molecule has 0 fully saturated rings. The van der Waals surface area contributed by atoms with Gasteiger partial charge in [0.05, 0.1) is 0 Å². The van der Waals surface area contributed by atoms with Crippen molar-refractivity contribution in [2.75, 3.05) is 0 Å². The molecule has 0 N–H and O–H groups in total. The van der Waals surface area contributed by atoms with Gasteiger partial charge in [0.15, 0.2) is 5.78 Å². The Balaban J connectivity index is 4.18. The van der Waals surface area contributed by atoms with Crippen LogP contribution in [0.5, 0.6) is 0 Å². The standard InChI is InChI=1S/C19H32O/c1-6-16(4)11-9-13-18(7-2)14-10-12-17(5)15-19(20)8-3/h10-12,15,18H,6-9,13-14H2,1-5H3/b12-10+,16-11+,17-15+. The lowest BCUT2D eigenvalue weighted by atomic mass is 9.95. The van der Waals surface area contributed by atoms with Gasteiger partial charge < -0.3 is 0 Å². The number of hydrogen-bond donors (Lipinski definition) is 0. The highest BCUT2D eigenvalue weighted by molar-refractivity contribution is 5.90. The number of carbonyl (C=O) groups is 1. The molecule has 0 aliphatic carbocycles. The largest absolute Gasteiger partial charge is 0.295 e. The molecule has 0 bridgehead atoms. The first-order valence-electron chi connectivity index (χ1n) is 8.06. The third kappa shape index (κ3) is 9.77. The van der Waals surface area contributed by atoms with Crippen LogP contribution in [0.3, 0.4) is 0 Å². The summed E-state index contributed by atoms with van der Waals surface area (Å²) >= 11 is 0. The fourth-order valence-electron chi connectivity index (χ4n) is 2.05. The molecule has 0 aromatic rings. The smallest absolute Gasteiger partial charge is 0.155 e.